The Hall–Kier alpha value is -1.49. The summed E-state index contributed by atoms with van der Waals surface area (Å²) in [5.74, 6) is 0.485. The van der Waals surface area contributed by atoms with Crippen molar-refractivity contribution in [3.8, 4) is 0 Å². The van der Waals surface area contributed by atoms with Crippen LogP contribution in [0.4, 0.5) is 0 Å². The van der Waals surface area contributed by atoms with Gasteiger partial charge < -0.3 is 14.1 Å². The van der Waals surface area contributed by atoms with Crippen molar-refractivity contribution in [2.24, 2.45) is 0 Å². The zero-order chi connectivity index (χ0) is 14.0. The van der Waals surface area contributed by atoms with Gasteiger partial charge in [0.05, 0.1) is 13.0 Å². The van der Waals surface area contributed by atoms with Crippen LogP contribution in [0.5, 0.6) is 0 Å². The molecule has 1 atom stereocenters. The Labute approximate surface area is 116 Å². The first-order valence-corrected chi connectivity index (χ1v) is 6.66. The Bertz CT molecular complexity index is 497. The maximum absolute atomic E-state index is 12.3. The number of rotatable bonds is 3. The van der Waals surface area contributed by atoms with E-state index in [0.717, 1.165) is 12.0 Å². The molecule has 5 nitrogen and oxygen atoms in total. The minimum absolute atomic E-state index is 0.226. The highest BCUT2D eigenvalue weighted by atomic mass is 35.5. The molecule has 19 heavy (non-hydrogen) atoms. The number of furan rings is 1. The van der Waals surface area contributed by atoms with Gasteiger partial charge in [0.25, 0.3) is 5.91 Å². The fourth-order valence-corrected chi connectivity index (χ4v) is 2.56. The van der Waals surface area contributed by atoms with Gasteiger partial charge in [0.15, 0.2) is 5.76 Å². The van der Waals surface area contributed by atoms with Crippen LogP contribution in [-0.2, 0) is 15.4 Å². The highest BCUT2D eigenvalue weighted by molar-refractivity contribution is 6.17. The zero-order valence-electron chi connectivity index (χ0n) is 10.9. The van der Waals surface area contributed by atoms with Crippen molar-refractivity contribution in [3.05, 3.63) is 23.2 Å². The number of carbonyl (C=O) groups is 2. The SMILES string of the molecule is COC(=O)C1CCCN1C(=O)c1cc(CCl)c(C)o1. The molecule has 104 valence electrons. The monoisotopic (exact) mass is 285 g/mol. The number of hydrogen-bond acceptors (Lipinski definition) is 4. The lowest BCUT2D eigenvalue weighted by Gasteiger charge is -2.21. The summed E-state index contributed by atoms with van der Waals surface area (Å²) < 4.78 is 10.1. The number of aryl methyl sites for hydroxylation is 1. The Morgan fingerprint density at radius 2 is 2.32 bits per heavy atom. The fourth-order valence-electron chi connectivity index (χ4n) is 2.29. The summed E-state index contributed by atoms with van der Waals surface area (Å²) in [5, 5.41) is 0. The molecule has 0 aromatic carbocycles. The van der Waals surface area contributed by atoms with Crippen LogP contribution in [0.2, 0.25) is 0 Å². The van der Waals surface area contributed by atoms with Gasteiger partial charge in [-0.05, 0) is 25.8 Å². The maximum Gasteiger partial charge on any atom is 0.328 e. The van der Waals surface area contributed by atoms with E-state index < -0.39 is 6.04 Å². The third-order valence-corrected chi connectivity index (χ3v) is 3.65. The molecule has 1 aliphatic rings. The highest BCUT2D eigenvalue weighted by Crippen LogP contribution is 2.24. The third-order valence-electron chi connectivity index (χ3n) is 3.36. The van der Waals surface area contributed by atoms with E-state index in [4.69, 9.17) is 20.8 Å². The van der Waals surface area contributed by atoms with Crippen molar-refractivity contribution in [2.75, 3.05) is 13.7 Å². The van der Waals surface area contributed by atoms with Crippen LogP contribution in [0.3, 0.4) is 0 Å². The van der Waals surface area contributed by atoms with Gasteiger partial charge in [0.2, 0.25) is 0 Å². The number of hydrogen-bond donors (Lipinski definition) is 0. The Balaban J connectivity index is 2.20. The van der Waals surface area contributed by atoms with Crippen LogP contribution in [0, 0.1) is 6.92 Å². The molecule has 1 aromatic heterocycles. The van der Waals surface area contributed by atoms with Crippen LogP contribution in [0.15, 0.2) is 10.5 Å². The van der Waals surface area contributed by atoms with Crippen LogP contribution < -0.4 is 0 Å². The minimum atomic E-state index is -0.512. The van der Waals surface area contributed by atoms with Gasteiger partial charge >= 0.3 is 5.97 Å². The second-order valence-corrected chi connectivity index (χ2v) is 4.77. The zero-order valence-corrected chi connectivity index (χ0v) is 11.7. The topological polar surface area (TPSA) is 59.8 Å². The van der Waals surface area contributed by atoms with Crippen molar-refractivity contribution in [1.82, 2.24) is 4.90 Å². The molecule has 0 radical (unpaired) electrons. The number of ether oxygens (including phenoxy) is 1. The quantitative estimate of drug-likeness (QED) is 0.630. The summed E-state index contributed by atoms with van der Waals surface area (Å²) >= 11 is 5.75. The van der Waals surface area contributed by atoms with E-state index in [0.29, 0.717) is 24.6 Å². The molecule has 1 amide bonds. The molecular formula is C13H16ClNO4. The van der Waals surface area contributed by atoms with E-state index in [9.17, 15) is 9.59 Å². The fraction of sp³-hybridized carbons (Fsp3) is 0.538. The maximum atomic E-state index is 12.3. The van der Waals surface area contributed by atoms with Crippen molar-refractivity contribution >= 4 is 23.5 Å². The Kier molecular flexibility index (Phi) is 4.14. The van der Waals surface area contributed by atoms with Gasteiger partial charge in [-0.25, -0.2) is 4.79 Å². The second-order valence-electron chi connectivity index (χ2n) is 4.51. The number of carbonyl (C=O) groups excluding carboxylic acids is 2. The lowest BCUT2D eigenvalue weighted by atomic mass is 10.2. The number of methoxy groups -OCH3 is 1. The average Bonchev–Trinajstić information content (AvgIpc) is 3.03. The van der Waals surface area contributed by atoms with Gasteiger partial charge in [-0.15, -0.1) is 11.6 Å². The van der Waals surface area contributed by atoms with Crippen LogP contribution in [0.25, 0.3) is 0 Å². The first-order chi connectivity index (χ1) is 9.08. The summed E-state index contributed by atoms with van der Waals surface area (Å²) in [7, 11) is 1.33. The Morgan fingerprint density at radius 3 is 2.89 bits per heavy atom. The van der Waals surface area contributed by atoms with Gasteiger partial charge in [0.1, 0.15) is 11.8 Å². The molecule has 0 bridgehead atoms. The molecule has 1 aromatic rings. The molecule has 2 rings (SSSR count). The first-order valence-electron chi connectivity index (χ1n) is 6.12. The molecule has 0 aliphatic carbocycles. The van der Waals surface area contributed by atoms with E-state index in [-0.39, 0.29) is 17.6 Å². The molecule has 0 saturated carbocycles. The van der Waals surface area contributed by atoms with Gasteiger partial charge in [-0.2, -0.15) is 0 Å². The van der Waals surface area contributed by atoms with E-state index in [1.54, 1.807) is 13.0 Å². The number of nitrogens with zero attached hydrogens (tertiary/aromatic N) is 1. The summed E-state index contributed by atoms with van der Waals surface area (Å²) in [6, 6.07) is 1.12. The standard InChI is InChI=1S/C13H16ClNO4/c1-8-9(7-14)6-11(19-8)12(16)15-5-3-4-10(15)13(17)18-2/h6,10H,3-5,7H2,1-2H3. The first kappa shape index (κ1) is 13.9. The molecule has 1 saturated heterocycles. The van der Waals surface area contributed by atoms with Crippen LogP contribution in [0.1, 0.15) is 34.7 Å². The van der Waals surface area contributed by atoms with Crippen molar-refractivity contribution in [2.45, 2.75) is 31.7 Å². The molecule has 0 spiro atoms. The van der Waals surface area contributed by atoms with Crippen LogP contribution >= 0.6 is 11.6 Å². The lowest BCUT2D eigenvalue weighted by Crippen LogP contribution is -2.40. The normalized spacial score (nSPS) is 18.7. The van der Waals surface area contributed by atoms with Crippen molar-refractivity contribution in [1.29, 1.82) is 0 Å². The third kappa shape index (κ3) is 2.61. The number of likely N-dealkylation sites (tertiary alicyclic amines) is 1. The smallest absolute Gasteiger partial charge is 0.328 e. The number of amides is 1. The minimum Gasteiger partial charge on any atom is -0.467 e. The highest BCUT2D eigenvalue weighted by Gasteiger charge is 2.36. The predicted molar refractivity (Wildman–Crippen MR) is 69.1 cm³/mol. The number of alkyl halides is 1. The Morgan fingerprint density at radius 1 is 1.58 bits per heavy atom. The molecule has 1 aliphatic heterocycles. The molecule has 6 heteroatoms. The predicted octanol–water partition coefficient (Wildman–Crippen LogP) is 2.10. The van der Waals surface area contributed by atoms with E-state index in [1.807, 2.05) is 0 Å². The molecule has 1 unspecified atom stereocenters. The lowest BCUT2D eigenvalue weighted by molar-refractivity contribution is -0.145. The number of esters is 1. The summed E-state index contributed by atoms with van der Waals surface area (Å²) in [5.41, 5.74) is 0.791. The molecular weight excluding hydrogens is 270 g/mol. The summed E-state index contributed by atoms with van der Waals surface area (Å²) in [4.78, 5) is 25.5. The van der Waals surface area contributed by atoms with Gasteiger partial charge in [-0.1, -0.05) is 0 Å². The number of halogens is 1. The molecule has 0 N–H and O–H groups in total. The van der Waals surface area contributed by atoms with E-state index in [2.05, 4.69) is 0 Å². The largest absolute Gasteiger partial charge is 0.467 e. The molecule has 2 heterocycles. The summed E-state index contributed by atoms with van der Waals surface area (Å²) in [6.45, 7) is 2.30. The van der Waals surface area contributed by atoms with Gasteiger partial charge in [-0.3, -0.25) is 4.79 Å². The van der Waals surface area contributed by atoms with Crippen molar-refractivity contribution in [3.63, 3.8) is 0 Å². The van der Waals surface area contributed by atoms with E-state index >= 15 is 0 Å². The second kappa shape index (κ2) is 5.65. The van der Waals surface area contributed by atoms with Crippen LogP contribution in [-0.4, -0.2) is 36.5 Å². The van der Waals surface area contributed by atoms with E-state index in [1.165, 1.54) is 12.0 Å². The summed E-state index contributed by atoms with van der Waals surface area (Å²) in [6.07, 6.45) is 1.41. The van der Waals surface area contributed by atoms with Gasteiger partial charge in [0, 0.05) is 12.1 Å². The van der Waals surface area contributed by atoms with Crippen molar-refractivity contribution < 1.29 is 18.7 Å². The molecule has 1 fully saturated rings. The average molecular weight is 286 g/mol.